The van der Waals surface area contributed by atoms with Crippen LogP contribution in [0.3, 0.4) is 0 Å². The summed E-state index contributed by atoms with van der Waals surface area (Å²) in [7, 11) is 0. The van der Waals surface area contributed by atoms with Gasteiger partial charge in [0.1, 0.15) is 18.4 Å². The largest absolute Gasteiger partial charge is 0.326 e. The maximum absolute atomic E-state index is 8.68. The highest BCUT2D eigenvalue weighted by atomic mass is 32.1. The summed E-state index contributed by atoms with van der Waals surface area (Å²) >= 11 is 1.62. The van der Waals surface area contributed by atoms with Crippen LogP contribution in [0.5, 0.6) is 0 Å². The fourth-order valence-corrected chi connectivity index (χ4v) is 2.48. The Labute approximate surface area is 97.1 Å². The molecule has 0 fully saturated rings. The van der Waals surface area contributed by atoms with Crippen molar-refractivity contribution in [1.29, 1.82) is 5.26 Å². The van der Waals surface area contributed by atoms with Crippen LogP contribution in [0.15, 0.2) is 23.8 Å². The number of thiophene rings is 1. The number of nitrogens with two attached hydrogens (primary N) is 1. The van der Waals surface area contributed by atoms with Crippen molar-refractivity contribution in [3.63, 3.8) is 0 Å². The molecule has 2 N–H and O–H groups in total. The van der Waals surface area contributed by atoms with E-state index in [9.17, 15) is 0 Å². The average Bonchev–Trinajstić information content (AvgIpc) is 2.88. The van der Waals surface area contributed by atoms with Gasteiger partial charge in [0.2, 0.25) is 0 Å². The van der Waals surface area contributed by atoms with Gasteiger partial charge in [-0.3, -0.25) is 0 Å². The second kappa shape index (κ2) is 4.43. The van der Waals surface area contributed by atoms with Gasteiger partial charge in [0, 0.05) is 10.9 Å². The van der Waals surface area contributed by atoms with Crippen LogP contribution in [0.2, 0.25) is 0 Å². The SMILES string of the molecule is CC(N)C(c1cccs1)n1cnc(C#N)n1. The zero-order valence-corrected chi connectivity index (χ0v) is 9.56. The third-order valence-corrected chi connectivity index (χ3v) is 3.17. The van der Waals surface area contributed by atoms with Crippen molar-refractivity contribution in [2.45, 2.75) is 19.0 Å². The van der Waals surface area contributed by atoms with Gasteiger partial charge in [-0.25, -0.2) is 9.67 Å². The zero-order valence-electron chi connectivity index (χ0n) is 8.74. The topological polar surface area (TPSA) is 80.5 Å². The van der Waals surface area contributed by atoms with Crippen LogP contribution in [0.1, 0.15) is 23.7 Å². The summed E-state index contributed by atoms with van der Waals surface area (Å²) in [6.45, 7) is 1.91. The molecular weight excluding hydrogens is 222 g/mol. The molecule has 0 radical (unpaired) electrons. The molecule has 2 aromatic heterocycles. The van der Waals surface area contributed by atoms with Crippen LogP contribution in [-0.4, -0.2) is 20.8 Å². The van der Waals surface area contributed by atoms with E-state index in [1.54, 1.807) is 22.3 Å². The number of nitrogens with zero attached hydrogens (tertiary/aromatic N) is 4. The van der Waals surface area contributed by atoms with Crippen LogP contribution in [-0.2, 0) is 0 Å². The van der Waals surface area contributed by atoms with Crippen molar-refractivity contribution in [1.82, 2.24) is 14.8 Å². The molecule has 0 aliphatic heterocycles. The monoisotopic (exact) mass is 233 g/mol. The van der Waals surface area contributed by atoms with Gasteiger partial charge in [-0.1, -0.05) is 6.07 Å². The molecule has 0 aliphatic rings. The lowest BCUT2D eigenvalue weighted by Gasteiger charge is -2.19. The van der Waals surface area contributed by atoms with Crippen molar-refractivity contribution < 1.29 is 0 Å². The molecule has 0 amide bonds. The zero-order chi connectivity index (χ0) is 11.5. The van der Waals surface area contributed by atoms with Crippen molar-refractivity contribution in [3.05, 3.63) is 34.5 Å². The Morgan fingerprint density at radius 2 is 2.44 bits per heavy atom. The fraction of sp³-hybridized carbons (Fsp3) is 0.300. The Bertz CT molecular complexity index is 494. The van der Waals surface area contributed by atoms with Gasteiger partial charge in [0.15, 0.2) is 0 Å². The molecule has 0 aliphatic carbocycles. The lowest BCUT2D eigenvalue weighted by atomic mass is 10.1. The van der Waals surface area contributed by atoms with E-state index in [0.29, 0.717) is 0 Å². The highest BCUT2D eigenvalue weighted by Gasteiger charge is 2.20. The van der Waals surface area contributed by atoms with Crippen LogP contribution in [0.4, 0.5) is 0 Å². The van der Waals surface area contributed by atoms with E-state index in [2.05, 4.69) is 10.1 Å². The highest BCUT2D eigenvalue weighted by molar-refractivity contribution is 7.10. The second-order valence-corrected chi connectivity index (χ2v) is 4.46. The first-order valence-corrected chi connectivity index (χ1v) is 5.70. The summed E-state index contributed by atoms with van der Waals surface area (Å²) < 4.78 is 1.65. The third-order valence-electron chi connectivity index (χ3n) is 2.23. The van der Waals surface area contributed by atoms with Crippen molar-refractivity contribution in [2.75, 3.05) is 0 Å². The van der Waals surface area contributed by atoms with Gasteiger partial charge < -0.3 is 5.73 Å². The van der Waals surface area contributed by atoms with E-state index in [-0.39, 0.29) is 17.9 Å². The fourth-order valence-electron chi connectivity index (χ4n) is 1.55. The molecule has 82 valence electrons. The van der Waals surface area contributed by atoms with Gasteiger partial charge in [-0.15, -0.1) is 16.4 Å². The molecule has 2 unspecified atom stereocenters. The molecule has 2 heterocycles. The molecule has 0 spiro atoms. The highest BCUT2D eigenvalue weighted by Crippen LogP contribution is 2.24. The Balaban J connectivity index is 2.38. The average molecular weight is 233 g/mol. The number of hydrogen-bond acceptors (Lipinski definition) is 5. The van der Waals surface area contributed by atoms with Gasteiger partial charge in [-0.05, 0) is 18.4 Å². The molecule has 2 aromatic rings. The predicted octanol–water partition coefficient (Wildman–Crippen LogP) is 1.15. The molecule has 0 bridgehead atoms. The summed E-state index contributed by atoms with van der Waals surface area (Å²) in [5.41, 5.74) is 5.95. The van der Waals surface area contributed by atoms with Crippen molar-refractivity contribution in [3.8, 4) is 6.07 Å². The Hall–Kier alpha value is -1.71. The minimum Gasteiger partial charge on any atom is -0.326 e. The molecule has 5 nitrogen and oxygen atoms in total. The first-order valence-electron chi connectivity index (χ1n) is 4.82. The van der Waals surface area contributed by atoms with E-state index in [4.69, 9.17) is 11.0 Å². The Morgan fingerprint density at radius 3 is 2.94 bits per heavy atom. The molecule has 2 rings (SSSR count). The van der Waals surface area contributed by atoms with Crippen molar-refractivity contribution in [2.24, 2.45) is 5.73 Å². The van der Waals surface area contributed by atoms with Gasteiger partial charge >= 0.3 is 0 Å². The minimum absolute atomic E-state index is 0.0606. The lowest BCUT2D eigenvalue weighted by Crippen LogP contribution is -2.30. The summed E-state index contributed by atoms with van der Waals surface area (Å²) in [6.07, 6.45) is 1.55. The van der Waals surface area contributed by atoms with Crippen LogP contribution in [0.25, 0.3) is 0 Å². The van der Waals surface area contributed by atoms with E-state index >= 15 is 0 Å². The van der Waals surface area contributed by atoms with E-state index < -0.39 is 0 Å². The Morgan fingerprint density at radius 1 is 1.62 bits per heavy atom. The summed E-state index contributed by atoms with van der Waals surface area (Å²) in [5, 5.41) is 14.8. The maximum atomic E-state index is 8.68. The summed E-state index contributed by atoms with van der Waals surface area (Å²) in [6, 6.07) is 5.73. The van der Waals surface area contributed by atoms with E-state index in [1.165, 1.54) is 0 Å². The molecule has 16 heavy (non-hydrogen) atoms. The molecule has 6 heteroatoms. The van der Waals surface area contributed by atoms with Gasteiger partial charge in [0.25, 0.3) is 5.82 Å². The smallest absolute Gasteiger partial charge is 0.252 e. The molecular formula is C10H11N5S. The number of rotatable bonds is 3. The lowest BCUT2D eigenvalue weighted by molar-refractivity contribution is 0.458. The maximum Gasteiger partial charge on any atom is 0.252 e. The normalized spacial score (nSPS) is 14.3. The number of hydrogen-bond donors (Lipinski definition) is 1. The molecule has 0 saturated heterocycles. The van der Waals surface area contributed by atoms with E-state index in [1.807, 2.05) is 30.5 Å². The molecule has 2 atom stereocenters. The number of aromatic nitrogens is 3. The molecule has 0 aromatic carbocycles. The standard InChI is InChI=1S/C10H11N5S/c1-7(12)10(8-3-2-4-16-8)15-6-13-9(5-11)14-15/h2-4,6-7,10H,12H2,1H3. The van der Waals surface area contributed by atoms with Crippen LogP contribution in [0, 0.1) is 11.3 Å². The van der Waals surface area contributed by atoms with Gasteiger partial charge in [0.05, 0.1) is 0 Å². The van der Waals surface area contributed by atoms with Crippen molar-refractivity contribution >= 4 is 11.3 Å². The Kier molecular flexibility index (Phi) is 2.99. The summed E-state index contributed by atoms with van der Waals surface area (Å²) in [5.74, 6) is 0.169. The predicted molar refractivity (Wildman–Crippen MR) is 60.8 cm³/mol. The second-order valence-electron chi connectivity index (χ2n) is 3.48. The first kappa shape index (κ1) is 10.8. The third kappa shape index (κ3) is 1.96. The van der Waals surface area contributed by atoms with E-state index in [0.717, 1.165) is 4.88 Å². The molecule has 0 saturated carbocycles. The van der Waals surface area contributed by atoms with Crippen LogP contribution < -0.4 is 5.73 Å². The quantitative estimate of drug-likeness (QED) is 0.862. The number of nitriles is 1. The van der Waals surface area contributed by atoms with Crippen LogP contribution >= 0.6 is 11.3 Å². The van der Waals surface area contributed by atoms with Gasteiger partial charge in [-0.2, -0.15) is 5.26 Å². The minimum atomic E-state index is -0.0908. The first-order chi connectivity index (χ1) is 7.72. The summed E-state index contributed by atoms with van der Waals surface area (Å²) in [4.78, 5) is 5.00.